The van der Waals surface area contributed by atoms with Crippen molar-refractivity contribution in [1.82, 2.24) is 0 Å². The van der Waals surface area contributed by atoms with Crippen LogP contribution in [-0.4, -0.2) is 22.4 Å². The molecule has 27 heavy (non-hydrogen) atoms. The zero-order valence-corrected chi connectivity index (χ0v) is 14.7. The lowest BCUT2D eigenvalue weighted by atomic mass is 9.57. The van der Waals surface area contributed by atoms with Gasteiger partial charge in [0.1, 0.15) is 0 Å². The molecule has 1 saturated carbocycles. The minimum atomic E-state index is -0.760. The quantitative estimate of drug-likeness (QED) is 0.353. The Kier molecular flexibility index (Phi) is 4.22. The molecule has 138 valence electrons. The number of nitro benzene ring substituents is 1. The molecule has 0 heterocycles. The van der Waals surface area contributed by atoms with Gasteiger partial charge in [-0.15, -0.1) is 0 Å². The lowest BCUT2D eigenvalue weighted by Crippen LogP contribution is -2.47. The molecule has 0 radical (unpaired) electrons. The van der Waals surface area contributed by atoms with Gasteiger partial charge in [-0.25, -0.2) is 4.79 Å². The van der Waals surface area contributed by atoms with Gasteiger partial charge in [-0.2, -0.15) is 0 Å². The van der Waals surface area contributed by atoms with Gasteiger partial charge in [0.15, 0.2) is 5.78 Å². The Balaban J connectivity index is 1.61. The van der Waals surface area contributed by atoms with E-state index in [9.17, 15) is 19.7 Å². The monoisotopic (exact) mass is 366 g/mol. The summed E-state index contributed by atoms with van der Waals surface area (Å²) in [5, 5.41) is 15.0. The molecule has 2 bridgehead atoms. The summed E-state index contributed by atoms with van der Waals surface area (Å²) in [5.41, 5.74) is 1.20. The van der Waals surface area contributed by atoms with Crippen LogP contribution < -0.4 is 0 Å². The summed E-state index contributed by atoms with van der Waals surface area (Å²) in [5.74, 6) is -0.460. The van der Waals surface area contributed by atoms with Crippen LogP contribution in [0.5, 0.6) is 0 Å². The molecule has 4 atom stereocenters. The van der Waals surface area contributed by atoms with Crippen LogP contribution in [-0.2, 0) is 9.63 Å². The van der Waals surface area contributed by atoms with E-state index in [1.54, 1.807) is 13.0 Å². The number of carbonyl (C=O) groups is 2. The number of allylic oxidation sites excluding steroid dienone is 4. The third-order valence-electron chi connectivity index (χ3n) is 5.67. The van der Waals surface area contributed by atoms with E-state index in [1.165, 1.54) is 18.2 Å². The summed E-state index contributed by atoms with van der Waals surface area (Å²) in [6.07, 6.45) is 7.81. The number of fused-ring (bicyclic) bond motifs is 1. The lowest BCUT2D eigenvalue weighted by molar-refractivity contribution is -0.384. The van der Waals surface area contributed by atoms with Crippen molar-refractivity contribution >= 4 is 23.2 Å². The number of benzene rings is 1. The van der Waals surface area contributed by atoms with Crippen LogP contribution in [0, 0.1) is 33.8 Å². The SMILES string of the molecule is CC1=CC(=O)[C@H]2[C@@H](/C1=N/OC(=O)c1cccc([N+](=O)[O-])c1)[C@H]1C=C[C@H]2CC1. The van der Waals surface area contributed by atoms with Gasteiger partial charge < -0.3 is 4.84 Å². The molecule has 7 nitrogen and oxygen atoms in total. The Labute approximate surface area is 155 Å². The molecule has 0 aromatic heterocycles. The van der Waals surface area contributed by atoms with Crippen LogP contribution in [0.3, 0.4) is 0 Å². The number of oxime groups is 1. The van der Waals surface area contributed by atoms with E-state index in [4.69, 9.17) is 4.84 Å². The molecule has 0 unspecified atom stereocenters. The first kappa shape index (κ1) is 17.3. The molecular weight excluding hydrogens is 348 g/mol. The van der Waals surface area contributed by atoms with Gasteiger partial charge in [0, 0.05) is 24.0 Å². The van der Waals surface area contributed by atoms with Crippen LogP contribution in [0.2, 0.25) is 0 Å². The molecule has 0 aliphatic heterocycles. The van der Waals surface area contributed by atoms with Crippen LogP contribution in [0.4, 0.5) is 5.69 Å². The number of rotatable bonds is 3. The fourth-order valence-corrected chi connectivity index (χ4v) is 4.42. The topological polar surface area (TPSA) is 98.9 Å². The normalized spacial score (nSPS) is 30.0. The van der Waals surface area contributed by atoms with Crippen LogP contribution in [0.25, 0.3) is 0 Å². The Morgan fingerprint density at radius 1 is 1.22 bits per heavy atom. The van der Waals surface area contributed by atoms with Crippen molar-refractivity contribution < 1.29 is 19.3 Å². The first-order valence-electron chi connectivity index (χ1n) is 8.90. The highest BCUT2D eigenvalue weighted by atomic mass is 16.7. The zero-order valence-electron chi connectivity index (χ0n) is 14.7. The second-order valence-electron chi connectivity index (χ2n) is 7.23. The fourth-order valence-electron chi connectivity index (χ4n) is 4.42. The van der Waals surface area contributed by atoms with Crippen molar-refractivity contribution in [3.8, 4) is 0 Å². The van der Waals surface area contributed by atoms with Crippen LogP contribution in [0.15, 0.2) is 53.2 Å². The Hall–Kier alpha value is -3.09. The molecule has 4 aliphatic rings. The number of nitro groups is 1. The highest BCUT2D eigenvalue weighted by molar-refractivity contribution is 6.13. The van der Waals surface area contributed by atoms with Gasteiger partial charge in [0.25, 0.3) is 5.69 Å². The molecule has 0 spiro atoms. The van der Waals surface area contributed by atoms with Crippen LogP contribution >= 0.6 is 0 Å². The maximum atomic E-state index is 12.5. The summed E-state index contributed by atoms with van der Waals surface area (Å²) >= 11 is 0. The van der Waals surface area contributed by atoms with E-state index < -0.39 is 10.9 Å². The first-order valence-corrected chi connectivity index (χ1v) is 8.90. The molecule has 1 aromatic carbocycles. The Bertz CT molecular complexity index is 930. The first-order chi connectivity index (χ1) is 13.0. The predicted octanol–water partition coefficient (Wildman–Crippen LogP) is 3.47. The van der Waals surface area contributed by atoms with Crippen molar-refractivity contribution in [2.45, 2.75) is 19.8 Å². The summed E-state index contributed by atoms with van der Waals surface area (Å²) in [6.45, 7) is 1.79. The molecule has 7 heteroatoms. The molecule has 0 N–H and O–H groups in total. The summed E-state index contributed by atoms with van der Waals surface area (Å²) in [6, 6.07) is 5.33. The average molecular weight is 366 g/mol. The second-order valence-corrected chi connectivity index (χ2v) is 7.23. The van der Waals surface area contributed by atoms with E-state index in [0.29, 0.717) is 11.3 Å². The van der Waals surface area contributed by atoms with Crippen molar-refractivity contribution in [3.63, 3.8) is 0 Å². The molecule has 1 aromatic rings. The van der Waals surface area contributed by atoms with Crippen molar-refractivity contribution in [2.75, 3.05) is 0 Å². The van der Waals surface area contributed by atoms with E-state index in [1.807, 2.05) is 0 Å². The standard InChI is InChI=1S/C20H18N2O5/c1-11-9-16(23)17-12-5-7-13(8-6-12)18(17)19(11)21-27-20(24)14-3-2-4-15(10-14)22(25)26/h2-5,7,9-10,12-13,17-18H,6,8H2,1H3/b21-19+/t12-,13-,17-,18-/m0/s1. The number of non-ortho nitro benzene ring substituents is 1. The van der Waals surface area contributed by atoms with E-state index in [0.717, 1.165) is 18.9 Å². The largest absolute Gasteiger partial charge is 0.365 e. The summed E-state index contributed by atoms with van der Waals surface area (Å²) in [7, 11) is 0. The average Bonchev–Trinajstić information content (AvgIpc) is 2.68. The lowest BCUT2D eigenvalue weighted by Gasteiger charge is -2.46. The Morgan fingerprint density at radius 3 is 2.59 bits per heavy atom. The minimum absolute atomic E-state index is 0.0590. The minimum Gasteiger partial charge on any atom is -0.313 e. The van der Waals surface area contributed by atoms with E-state index in [2.05, 4.69) is 17.3 Å². The van der Waals surface area contributed by atoms with E-state index >= 15 is 0 Å². The fraction of sp³-hybridized carbons (Fsp3) is 0.350. The highest BCUT2D eigenvalue weighted by Gasteiger charge is 2.48. The molecule has 0 amide bonds. The van der Waals surface area contributed by atoms with Crippen molar-refractivity contribution in [1.29, 1.82) is 0 Å². The number of hydrogen-bond donors (Lipinski definition) is 0. The third-order valence-corrected chi connectivity index (χ3v) is 5.67. The van der Waals surface area contributed by atoms with E-state index in [-0.39, 0.29) is 40.7 Å². The molecular formula is C20H18N2O5. The predicted molar refractivity (Wildman–Crippen MR) is 97.0 cm³/mol. The van der Waals surface area contributed by atoms with Gasteiger partial charge in [-0.3, -0.25) is 14.9 Å². The van der Waals surface area contributed by atoms with Gasteiger partial charge in [-0.05, 0) is 49.3 Å². The number of nitrogens with zero attached hydrogens (tertiary/aromatic N) is 2. The third kappa shape index (κ3) is 2.99. The maximum absolute atomic E-state index is 12.5. The van der Waals surface area contributed by atoms with Crippen molar-refractivity contribution in [2.24, 2.45) is 28.8 Å². The summed E-state index contributed by atoms with van der Waals surface area (Å²) in [4.78, 5) is 40.2. The molecule has 0 saturated heterocycles. The van der Waals surface area contributed by atoms with Gasteiger partial charge in [0.2, 0.25) is 0 Å². The summed E-state index contributed by atoms with van der Waals surface area (Å²) < 4.78 is 0. The van der Waals surface area contributed by atoms with Crippen molar-refractivity contribution in [3.05, 3.63) is 63.7 Å². The van der Waals surface area contributed by atoms with Gasteiger partial charge in [0.05, 0.1) is 16.2 Å². The van der Waals surface area contributed by atoms with Gasteiger partial charge in [-0.1, -0.05) is 23.4 Å². The zero-order chi connectivity index (χ0) is 19.1. The molecule has 4 aliphatic carbocycles. The van der Waals surface area contributed by atoms with Crippen LogP contribution in [0.1, 0.15) is 30.1 Å². The molecule has 1 fully saturated rings. The van der Waals surface area contributed by atoms with Gasteiger partial charge >= 0.3 is 5.97 Å². The Morgan fingerprint density at radius 2 is 1.93 bits per heavy atom. The second kappa shape index (κ2) is 6.57. The molecule has 5 rings (SSSR count). The number of carbonyl (C=O) groups excluding carboxylic acids is 2. The smallest absolute Gasteiger partial charge is 0.313 e. The maximum Gasteiger partial charge on any atom is 0.365 e. The number of hydrogen-bond acceptors (Lipinski definition) is 6. The highest BCUT2D eigenvalue weighted by Crippen LogP contribution is 2.48. The number of ketones is 1.